The SMILES string of the molecule is CSc1cccc(NS(=O)(=O)c2cc(N)c(C)c(F)c2)c1. The number of hydrogen-bond acceptors (Lipinski definition) is 4. The van der Waals surface area contributed by atoms with Crippen molar-refractivity contribution in [1.82, 2.24) is 0 Å². The van der Waals surface area contributed by atoms with Crippen LogP contribution >= 0.6 is 11.8 Å². The van der Waals surface area contributed by atoms with Crippen LogP contribution in [0.25, 0.3) is 0 Å². The van der Waals surface area contributed by atoms with Crippen LogP contribution in [0.3, 0.4) is 0 Å². The number of hydrogen-bond donors (Lipinski definition) is 2. The van der Waals surface area contributed by atoms with E-state index in [1.165, 1.54) is 24.8 Å². The highest BCUT2D eigenvalue weighted by atomic mass is 32.2. The Bertz CT molecular complexity index is 753. The minimum atomic E-state index is -3.88. The van der Waals surface area contributed by atoms with E-state index in [1.54, 1.807) is 18.2 Å². The quantitative estimate of drug-likeness (QED) is 0.668. The van der Waals surface area contributed by atoms with Gasteiger partial charge in [-0.3, -0.25) is 4.72 Å². The van der Waals surface area contributed by atoms with Gasteiger partial charge in [0.25, 0.3) is 10.0 Å². The van der Waals surface area contributed by atoms with Gasteiger partial charge in [-0.2, -0.15) is 0 Å². The van der Waals surface area contributed by atoms with E-state index in [4.69, 9.17) is 5.73 Å². The predicted molar refractivity (Wildman–Crippen MR) is 84.6 cm³/mol. The van der Waals surface area contributed by atoms with Crippen molar-refractivity contribution in [3.63, 3.8) is 0 Å². The van der Waals surface area contributed by atoms with Crippen LogP contribution in [0, 0.1) is 12.7 Å². The van der Waals surface area contributed by atoms with Gasteiger partial charge in [-0.15, -0.1) is 11.8 Å². The molecule has 7 heteroatoms. The second-order valence-corrected chi connectivity index (χ2v) is 7.02. The third kappa shape index (κ3) is 3.48. The number of halogens is 1. The molecule has 0 radical (unpaired) electrons. The first kappa shape index (κ1) is 15.7. The summed E-state index contributed by atoms with van der Waals surface area (Å²) < 4.78 is 40.6. The maximum atomic E-state index is 13.7. The Balaban J connectivity index is 2.38. The smallest absolute Gasteiger partial charge is 0.262 e. The number of nitrogens with two attached hydrogens (primary N) is 1. The van der Waals surface area contributed by atoms with Crippen molar-refractivity contribution in [3.8, 4) is 0 Å². The van der Waals surface area contributed by atoms with Crippen LogP contribution in [-0.4, -0.2) is 14.7 Å². The van der Waals surface area contributed by atoms with E-state index < -0.39 is 15.8 Å². The molecule has 0 spiro atoms. The Morgan fingerprint density at radius 3 is 2.57 bits per heavy atom. The molecule has 2 rings (SSSR count). The zero-order chi connectivity index (χ0) is 15.6. The average Bonchev–Trinajstić information content (AvgIpc) is 2.44. The van der Waals surface area contributed by atoms with Crippen LogP contribution in [0.1, 0.15) is 5.56 Å². The molecule has 0 aliphatic rings. The summed E-state index contributed by atoms with van der Waals surface area (Å²) in [4.78, 5) is 0.724. The summed E-state index contributed by atoms with van der Waals surface area (Å²) in [6, 6.07) is 9.16. The largest absolute Gasteiger partial charge is 0.398 e. The fourth-order valence-electron chi connectivity index (χ4n) is 1.73. The van der Waals surface area contributed by atoms with E-state index in [9.17, 15) is 12.8 Å². The average molecular weight is 326 g/mol. The van der Waals surface area contributed by atoms with E-state index in [0.717, 1.165) is 11.0 Å². The molecule has 2 aromatic carbocycles. The van der Waals surface area contributed by atoms with Gasteiger partial charge in [-0.05, 0) is 43.5 Å². The highest BCUT2D eigenvalue weighted by Gasteiger charge is 2.17. The van der Waals surface area contributed by atoms with E-state index >= 15 is 0 Å². The maximum absolute atomic E-state index is 13.7. The highest BCUT2D eigenvalue weighted by Crippen LogP contribution is 2.24. The molecule has 0 fully saturated rings. The van der Waals surface area contributed by atoms with Crippen molar-refractivity contribution < 1.29 is 12.8 Å². The van der Waals surface area contributed by atoms with Crippen molar-refractivity contribution in [1.29, 1.82) is 0 Å². The van der Waals surface area contributed by atoms with Gasteiger partial charge in [-0.25, -0.2) is 12.8 Å². The molecule has 0 bridgehead atoms. The van der Waals surface area contributed by atoms with Crippen LogP contribution in [-0.2, 0) is 10.0 Å². The molecule has 4 nitrogen and oxygen atoms in total. The van der Waals surface area contributed by atoms with E-state index in [2.05, 4.69) is 4.72 Å². The van der Waals surface area contributed by atoms with E-state index in [-0.39, 0.29) is 16.1 Å². The Kier molecular flexibility index (Phi) is 4.43. The zero-order valence-corrected chi connectivity index (χ0v) is 13.2. The normalized spacial score (nSPS) is 11.4. The van der Waals surface area contributed by atoms with Crippen molar-refractivity contribution in [2.75, 3.05) is 16.7 Å². The first-order valence-corrected chi connectivity index (χ1v) is 8.77. The first-order chi connectivity index (χ1) is 9.83. The van der Waals surface area contributed by atoms with Gasteiger partial charge in [0.15, 0.2) is 0 Å². The van der Waals surface area contributed by atoms with Crippen LogP contribution in [0.15, 0.2) is 46.2 Å². The molecule has 0 aliphatic carbocycles. The molecular formula is C14H15FN2O2S2. The standard InChI is InChI=1S/C14H15FN2O2S2/c1-9-13(15)7-12(8-14(9)16)21(18,19)17-10-4-3-5-11(6-10)20-2/h3-8,17H,16H2,1-2H3. The molecule has 112 valence electrons. The Hall–Kier alpha value is -1.73. The molecule has 0 saturated carbocycles. The molecule has 2 aromatic rings. The second-order valence-electron chi connectivity index (χ2n) is 4.46. The monoisotopic (exact) mass is 326 g/mol. The number of nitrogen functional groups attached to an aromatic ring is 1. The number of sulfonamides is 1. The van der Waals surface area contributed by atoms with Gasteiger partial charge in [0.1, 0.15) is 5.82 Å². The molecule has 0 unspecified atom stereocenters. The van der Waals surface area contributed by atoms with Crippen LogP contribution < -0.4 is 10.5 Å². The first-order valence-electron chi connectivity index (χ1n) is 6.06. The lowest BCUT2D eigenvalue weighted by Gasteiger charge is -2.11. The van der Waals surface area contributed by atoms with Crippen molar-refractivity contribution in [2.45, 2.75) is 16.7 Å². The molecule has 0 heterocycles. The number of nitrogens with one attached hydrogen (secondary N) is 1. The van der Waals surface area contributed by atoms with Crippen molar-refractivity contribution >= 4 is 33.2 Å². The minimum absolute atomic E-state index is 0.105. The second kappa shape index (κ2) is 5.95. The molecule has 0 aliphatic heterocycles. The lowest BCUT2D eigenvalue weighted by molar-refractivity contribution is 0.593. The van der Waals surface area contributed by atoms with Crippen LogP contribution in [0.4, 0.5) is 15.8 Å². The van der Waals surface area contributed by atoms with Gasteiger partial charge in [0.05, 0.1) is 4.90 Å². The lowest BCUT2D eigenvalue weighted by Crippen LogP contribution is -2.14. The van der Waals surface area contributed by atoms with Gasteiger partial charge in [0.2, 0.25) is 0 Å². The zero-order valence-electron chi connectivity index (χ0n) is 11.6. The lowest BCUT2D eigenvalue weighted by atomic mass is 10.2. The topological polar surface area (TPSA) is 72.2 Å². The minimum Gasteiger partial charge on any atom is -0.398 e. The summed E-state index contributed by atoms with van der Waals surface area (Å²) in [6.45, 7) is 1.50. The molecule has 0 atom stereocenters. The molecule has 0 amide bonds. The molecule has 3 N–H and O–H groups in total. The molecular weight excluding hydrogens is 311 g/mol. The Morgan fingerprint density at radius 1 is 1.24 bits per heavy atom. The molecule has 21 heavy (non-hydrogen) atoms. The fraction of sp³-hybridized carbons (Fsp3) is 0.143. The number of benzene rings is 2. The number of thioether (sulfide) groups is 1. The van der Waals surface area contributed by atoms with Crippen LogP contribution in [0.2, 0.25) is 0 Å². The van der Waals surface area contributed by atoms with E-state index in [1.807, 2.05) is 12.3 Å². The van der Waals surface area contributed by atoms with Gasteiger partial charge in [0, 0.05) is 21.8 Å². The third-order valence-corrected chi connectivity index (χ3v) is 5.08. The van der Waals surface area contributed by atoms with Gasteiger partial charge >= 0.3 is 0 Å². The third-order valence-electron chi connectivity index (χ3n) is 2.99. The Labute approximate surface area is 127 Å². The maximum Gasteiger partial charge on any atom is 0.262 e. The summed E-state index contributed by atoms with van der Waals surface area (Å²) in [5.41, 5.74) is 6.38. The van der Waals surface area contributed by atoms with Crippen molar-refractivity contribution in [3.05, 3.63) is 47.8 Å². The highest BCUT2D eigenvalue weighted by molar-refractivity contribution is 7.98. The number of rotatable bonds is 4. The molecule has 0 saturated heterocycles. The van der Waals surface area contributed by atoms with Gasteiger partial charge < -0.3 is 5.73 Å². The molecule has 0 aromatic heterocycles. The Morgan fingerprint density at radius 2 is 1.95 bits per heavy atom. The fourth-order valence-corrected chi connectivity index (χ4v) is 3.29. The van der Waals surface area contributed by atoms with Crippen molar-refractivity contribution in [2.24, 2.45) is 0 Å². The summed E-state index contributed by atoms with van der Waals surface area (Å²) in [5.74, 6) is -0.645. The summed E-state index contributed by atoms with van der Waals surface area (Å²) >= 11 is 1.50. The van der Waals surface area contributed by atoms with Crippen LogP contribution in [0.5, 0.6) is 0 Å². The predicted octanol–water partition coefficient (Wildman–Crippen LogP) is 3.24. The van der Waals surface area contributed by atoms with Gasteiger partial charge in [-0.1, -0.05) is 6.07 Å². The number of anilines is 2. The van der Waals surface area contributed by atoms with E-state index in [0.29, 0.717) is 5.69 Å². The summed E-state index contributed by atoms with van der Waals surface area (Å²) in [6.07, 6.45) is 1.89. The summed E-state index contributed by atoms with van der Waals surface area (Å²) in [5, 5.41) is 0. The summed E-state index contributed by atoms with van der Waals surface area (Å²) in [7, 11) is -3.88.